The van der Waals surface area contributed by atoms with E-state index in [1.165, 1.54) is 0 Å². The van der Waals surface area contributed by atoms with Crippen LogP contribution in [0.5, 0.6) is 0 Å². The highest BCUT2D eigenvalue weighted by molar-refractivity contribution is 5.95. The van der Waals surface area contributed by atoms with E-state index in [0.717, 1.165) is 21.9 Å². The number of rotatable bonds is 3. The first-order valence-corrected chi connectivity index (χ1v) is 7.78. The molecule has 0 radical (unpaired) electrons. The Kier molecular flexibility index (Phi) is 3.47. The predicted molar refractivity (Wildman–Crippen MR) is 94.9 cm³/mol. The first-order valence-electron chi connectivity index (χ1n) is 7.78. The smallest absolute Gasteiger partial charge is 0.227 e. The Balaban J connectivity index is 1.75. The van der Waals surface area contributed by atoms with Crippen LogP contribution in [0.2, 0.25) is 0 Å². The molecule has 4 aromatic rings. The summed E-state index contributed by atoms with van der Waals surface area (Å²) in [6, 6.07) is 21.6. The molecule has 0 saturated heterocycles. The number of fused-ring (bicyclic) bond motifs is 1. The van der Waals surface area contributed by atoms with E-state index in [4.69, 9.17) is 4.42 Å². The highest BCUT2D eigenvalue weighted by atomic mass is 16.4. The molecule has 0 saturated carbocycles. The molecule has 0 N–H and O–H groups in total. The molecule has 0 bridgehead atoms. The van der Waals surface area contributed by atoms with Crippen LogP contribution in [0.15, 0.2) is 77.3 Å². The first-order chi connectivity index (χ1) is 11.7. The second-order valence-electron chi connectivity index (χ2n) is 5.69. The van der Waals surface area contributed by atoms with Crippen molar-refractivity contribution in [2.24, 2.45) is 0 Å². The normalized spacial score (nSPS) is 10.9. The summed E-state index contributed by atoms with van der Waals surface area (Å²) in [6.45, 7) is 1.56. The fraction of sp³-hybridized carbons (Fsp3) is 0.0476. The van der Waals surface area contributed by atoms with Gasteiger partial charge in [0.25, 0.3) is 0 Å². The third-order valence-corrected chi connectivity index (χ3v) is 4.10. The van der Waals surface area contributed by atoms with Crippen LogP contribution < -0.4 is 0 Å². The van der Waals surface area contributed by atoms with E-state index >= 15 is 0 Å². The largest absolute Gasteiger partial charge is 0.436 e. The van der Waals surface area contributed by atoms with Gasteiger partial charge in [0, 0.05) is 16.7 Å². The molecule has 0 spiro atoms. The van der Waals surface area contributed by atoms with Crippen LogP contribution in [0, 0.1) is 0 Å². The molecule has 4 rings (SSSR count). The number of oxazole rings is 1. The topological polar surface area (TPSA) is 43.1 Å². The van der Waals surface area contributed by atoms with Crippen molar-refractivity contribution in [2.75, 3.05) is 0 Å². The summed E-state index contributed by atoms with van der Waals surface area (Å²) >= 11 is 0. The fourth-order valence-corrected chi connectivity index (χ4v) is 2.81. The lowest BCUT2D eigenvalue weighted by Gasteiger charge is -2.03. The Bertz CT molecular complexity index is 1020. The van der Waals surface area contributed by atoms with Gasteiger partial charge in [-0.15, -0.1) is 0 Å². The number of Topliss-reactive ketones (excluding diaryl/α,β-unsaturated/α-hetero) is 1. The minimum Gasteiger partial charge on any atom is -0.436 e. The molecular weight excluding hydrogens is 298 g/mol. The summed E-state index contributed by atoms with van der Waals surface area (Å²) < 4.78 is 5.97. The molecule has 0 amide bonds. The summed E-state index contributed by atoms with van der Waals surface area (Å²) in [7, 11) is 0. The summed E-state index contributed by atoms with van der Waals surface area (Å²) in [4.78, 5) is 15.8. The van der Waals surface area contributed by atoms with Gasteiger partial charge in [0.2, 0.25) is 5.89 Å². The molecule has 3 aromatic carbocycles. The number of hydrogen-bond donors (Lipinski definition) is 0. The third-order valence-electron chi connectivity index (χ3n) is 4.10. The second kappa shape index (κ2) is 5.78. The van der Waals surface area contributed by atoms with E-state index in [1.807, 2.05) is 36.4 Å². The fourth-order valence-electron chi connectivity index (χ4n) is 2.81. The molecule has 0 fully saturated rings. The van der Waals surface area contributed by atoms with Crippen LogP contribution in [0.1, 0.15) is 17.3 Å². The van der Waals surface area contributed by atoms with E-state index < -0.39 is 0 Å². The first kappa shape index (κ1) is 14.4. The van der Waals surface area contributed by atoms with Crippen molar-refractivity contribution in [3.05, 3.63) is 78.5 Å². The van der Waals surface area contributed by atoms with Gasteiger partial charge in [0.15, 0.2) is 11.5 Å². The number of nitrogens with zero attached hydrogens (tertiary/aromatic N) is 1. The van der Waals surface area contributed by atoms with Crippen molar-refractivity contribution in [3.8, 4) is 22.8 Å². The summed E-state index contributed by atoms with van der Waals surface area (Å²) in [5.74, 6) is 1.33. The van der Waals surface area contributed by atoms with Gasteiger partial charge in [-0.1, -0.05) is 60.7 Å². The van der Waals surface area contributed by atoms with Crippen LogP contribution in [-0.2, 0) is 0 Å². The van der Waals surface area contributed by atoms with E-state index in [-0.39, 0.29) is 5.78 Å². The SMILES string of the molecule is CC(=O)c1ccc(-c2cnc(-c3cccc4ccccc34)o2)cc1. The zero-order chi connectivity index (χ0) is 16.5. The average molecular weight is 313 g/mol. The van der Waals surface area contributed by atoms with Crippen molar-refractivity contribution in [1.29, 1.82) is 0 Å². The van der Waals surface area contributed by atoms with Crippen LogP contribution >= 0.6 is 0 Å². The van der Waals surface area contributed by atoms with Crippen molar-refractivity contribution >= 4 is 16.6 Å². The molecule has 3 heteroatoms. The lowest BCUT2D eigenvalue weighted by molar-refractivity contribution is 0.101. The molecule has 3 nitrogen and oxygen atoms in total. The summed E-state index contributed by atoms with van der Waals surface area (Å²) in [5, 5.41) is 2.26. The molecule has 0 aliphatic rings. The van der Waals surface area contributed by atoms with E-state index in [1.54, 1.807) is 25.3 Å². The molecule has 0 aliphatic heterocycles. The lowest BCUT2D eigenvalue weighted by atomic mass is 10.0. The van der Waals surface area contributed by atoms with Crippen molar-refractivity contribution in [2.45, 2.75) is 6.92 Å². The number of ketones is 1. The molecule has 116 valence electrons. The van der Waals surface area contributed by atoms with Gasteiger partial charge in [0.05, 0.1) is 6.20 Å². The van der Waals surface area contributed by atoms with Crippen LogP contribution in [0.3, 0.4) is 0 Å². The monoisotopic (exact) mass is 313 g/mol. The van der Waals surface area contributed by atoms with Gasteiger partial charge in [-0.05, 0) is 23.8 Å². The van der Waals surface area contributed by atoms with E-state index in [9.17, 15) is 4.79 Å². The predicted octanol–water partition coefficient (Wildman–Crippen LogP) is 5.36. The molecule has 24 heavy (non-hydrogen) atoms. The van der Waals surface area contributed by atoms with E-state index in [2.05, 4.69) is 23.2 Å². The van der Waals surface area contributed by atoms with Crippen LogP contribution in [-0.4, -0.2) is 10.8 Å². The van der Waals surface area contributed by atoms with Crippen LogP contribution in [0.25, 0.3) is 33.6 Å². The number of hydrogen-bond acceptors (Lipinski definition) is 3. The average Bonchev–Trinajstić information content (AvgIpc) is 3.11. The Hall–Kier alpha value is -3.20. The Labute approximate surface area is 139 Å². The highest BCUT2D eigenvalue weighted by Gasteiger charge is 2.11. The maximum absolute atomic E-state index is 11.4. The Morgan fingerprint density at radius 3 is 2.46 bits per heavy atom. The zero-order valence-corrected chi connectivity index (χ0v) is 13.2. The quantitative estimate of drug-likeness (QED) is 0.478. The molecule has 0 unspecified atom stereocenters. The van der Waals surface area contributed by atoms with Gasteiger partial charge in [-0.3, -0.25) is 4.79 Å². The molecule has 1 heterocycles. The minimum absolute atomic E-state index is 0.0514. The molecule has 0 aliphatic carbocycles. The standard InChI is InChI=1S/C21H15NO2/c1-14(23)15-9-11-17(12-10-15)20-13-22-21(24-20)19-8-4-6-16-5-2-3-7-18(16)19/h2-13H,1H3. The third kappa shape index (κ3) is 2.50. The second-order valence-corrected chi connectivity index (χ2v) is 5.69. The zero-order valence-electron chi connectivity index (χ0n) is 13.2. The minimum atomic E-state index is 0.0514. The maximum atomic E-state index is 11.4. The van der Waals surface area contributed by atoms with Crippen LogP contribution in [0.4, 0.5) is 0 Å². The molecular formula is C21H15NO2. The number of benzene rings is 3. The number of carbonyl (C=O) groups excluding carboxylic acids is 1. The lowest BCUT2D eigenvalue weighted by Crippen LogP contribution is -1.90. The van der Waals surface area contributed by atoms with Crippen molar-refractivity contribution < 1.29 is 9.21 Å². The molecule has 0 atom stereocenters. The van der Waals surface area contributed by atoms with Crippen molar-refractivity contribution in [3.63, 3.8) is 0 Å². The Morgan fingerprint density at radius 2 is 1.67 bits per heavy atom. The van der Waals surface area contributed by atoms with Gasteiger partial charge >= 0.3 is 0 Å². The number of carbonyl (C=O) groups is 1. The summed E-state index contributed by atoms with van der Waals surface area (Å²) in [5.41, 5.74) is 2.56. The van der Waals surface area contributed by atoms with Gasteiger partial charge in [-0.2, -0.15) is 0 Å². The molecule has 1 aromatic heterocycles. The maximum Gasteiger partial charge on any atom is 0.227 e. The summed E-state index contributed by atoms with van der Waals surface area (Å²) in [6.07, 6.45) is 1.72. The highest BCUT2D eigenvalue weighted by Crippen LogP contribution is 2.31. The number of aromatic nitrogens is 1. The Morgan fingerprint density at radius 1 is 0.917 bits per heavy atom. The van der Waals surface area contributed by atoms with Gasteiger partial charge in [-0.25, -0.2) is 4.98 Å². The van der Waals surface area contributed by atoms with Crippen molar-refractivity contribution in [1.82, 2.24) is 4.98 Å². The van der Waals surface area contributed by atoms with E-state index in [0.29, 0.717) is 17.2 Å². The van der Waals surface area contributed by atoms with Gasteiger partial charge in [0.1, 0.15) is 0 Å². The van der Waals surface area contributed by atoms with Gasteiger partial charge < -0.3 is 4.42 Å².